The zero-order chi connectivity index (χ0) is 23.0. The summed E-state index contributed by atoms with van der Waals surface area (Å²) in [7, 11) is 0. The van der Waals surface area contributed by atoms with Gasteiger partial charge in [-0.25, -0.2) is 0 Å². The Morgan fingerprint density at radius 3 is 1.25 bits per heavy atom. The van der Waals surface area contributed by atoms with Gasteiger partial charge in [-0.3, -0.25) is 10.1 Å². The summed E-state index contributed by atoms with van der Waals surface area (Å²) in [5, 5.41) is 12.9. The largest absolute Gasteiger partial charge is 0.352 e. The molecule has 32 heavy (non-hydrogen) atoms. The number of halogens is 3. The van der Waals surface area contributed by atoms with Crippen LogP contribution in [0.4, 0.5) is 0 Å². The van der Waals surface area contributed by atoms with Gasteiger partial charge < -0.3 is 14.2 Å². The van der Waals surface area contributed by atoms with Crippen LogP contribution in [0.15, 0.2) is 72.8 Å². The Bertz CT molecular complexity index is 943. The van der Waals surface area contributed by atoms with Crippen molar-refractivity contribution in [2.45, 2.75) is 25.8 Å². The highest BCUT2D eigenvalue weighted by Crippen LogP contribution is 2.27. The van der Waals surface area contributed by atoms with Crippen LogP contribution in [-0.4, -0.2) is 17.4 Å². The SMILES string of the molecule is O=[N+]([O-])CC(OCc1ccccc1Cl)(OCc1ccccc1Cl)OCc1ccccc1Cl. The van der Waals surface area contributed by atoms with Crippen LogP contribution >= 0.6 is 34.8 Å². The Balaban J connectivity index is 1.86. The zero-order valence-corrected chi connectivity index (χ0v) is 19.1. The lowest BCUT2D eigenvalue weighted by Gasteiger charge is -2.30. The van der Waals surface area contributed by atoms with Crippen LogP contribution in [0.3, 0.4) is 0 Å². The van der Waals surface area contributed by atoms with E-state index < -0.39 is 17.4 Å². The molecule has 3 aromatic carbocycles. The fourth-order valence-electron chi connectivity index (χ4n) is 2.83. The standard InChI is InChI=1S/C23H20Cl3NO5/c24-20-10-4-1-7-17(20)13-30-23(16-27(28)29,31-14-18-8-2-5-11-21(18)25)32-15-19-9-3-6-12-22(19)26/h1-12H,13-16H2. The number of hydrogen-bond acceptors (Lipinski definition) is 5. The normalized spacial score (nSPS) is 11.5. The first-order valence-corrected chi connectivity index (χ1v) is 10.8. The molecule has 0 unspecified atom stereocenters. The van der Waals surface area contributed by atoms with Crippen molar-refractivity contribution in [2.24, 2.45) is 0 Å². The predicted octanol–water partition coefficient (Wildman–Crippen LogP) is 6.53. The summed E-state index contributed by atoms with van der Waals surface area (Å²) in [6.45, 7) is -0.984. The van der Waals surface area contributed by atoms with E-state index in [2.05, 4.69) is 0 Å². The minimum Gasteiger partial charge on any atom is -0.317 e. The van der Waals surface area contributed by atoms with Gasteiger partial charge in [0.15, 0.2) is 0 Å². The van der Waals surface area contributed by atoms with E-state index in [1.165, 1.54) is 0 Å². The maximum atomic E-state index is 11.5. The number of nitrogens with zero attached hydrogens (tertiary/aromatic N) is 1. The monoisotopic (exact) mass is 495 g/mol. The van der Waals surface area contributed by atoms with E-state index in [0.717, 1.165) is 0 Å². The van der Waals surface area contributed by atoms with Crippen LogP contribution in [0.5, 0.6) is 0 Å². The Labute approximate surface area is 200 Å². The van der Waals surface area contributed by atoms with Crippen molar-refractivity contribution in [3.63, 3.8) is 0 Å². The third-order valence-electron chi connectivity index (χ3n) is 4.54. The van der Waals surface area contributed by atoms with Crippen LogP contribution in [0, 0.1) is 10.1 Å². The summed E-state index contributed by atoms with van der Waals surface area (Å²) >= 11 is 18.6. The molecule has 0 amide bonds. The molecule has 0 fully saturated rings. The number of rotatable bonds is 11. The van der Waals surface area contributed by atoms with Crippen LogP contribution < -0.4 is 0 Å². The summed E-state index contributed by atoms with van der Waals surface area (Å²) in [5.74, 6) is -2.01. The van der Waals surface area contributed by atoms with Gasteiger partial charge in [-0.15, -0.1) is 0 Å². The van der Waals surface area contributed by atoms with Gasteiger partial charge in [-0.05, 0) is 34.9 Å². The van der Waals surface area contributed by atoms with E-state index >= 15 is 0 Å². The third-order valence-corrected chi connectivity index (χ3v) is 5.65. The predicted molar refractivity (Wildman–Crippen MR) is 123 cm³/mol. The molecule has 0 saturated heterocycles. The van der Waals surface area contributed by atoms with Gasteiger partial charge in [-0.2, -0.15) is 0 Å². The molecule has 168 valence electrons. The second-order valence-electron chi connectivity index (χ2n) is 6.81. The quantitative estimate of drug-likeness (QED) is 0.171. The lowest BCUT2D eigenvalue weighted by Crippen LogP contribution is -2.45. The molecular formula is C23H20Cl3NO5. The molecule has 3 rings (SSSR count). The van der Waals surface area contributed by atoms with Crippen LogP contribution in [0.1, 0.15) is 16.7 Å². The van der Waals surface area contributed by atoms with Crippen molar-refractivity contribution in [3.8, 4) is 0 Å². The number of hydrogen-bond donors (Lipinski definition) is 0. The van der Waals surface area contributed by atoms with Crippen molar-refractivity contribution in [1.29, 1.82) is 0 Å². The second-order valence-corrected chi connectivity index (χ2v) is 8.04. The molecule has 0 heterocycles. The first kappa shape index (κ1) is 24.5. The highest BCUT2D eigenvalue weighted by molar-refractivity contribution is 6.31. The summed E-state index contributed by atoms with van der Waals surface area (Å²) in [6.07, 6.45) is 0. The van der Waals surface area contributed by atoms with Gasteiger partial charge in [0.25, 0.3) is 6.54 Å². The number of benzene rings is 3. The van der Waals surface area contributed by atoms with Gasteiger partial charge in [-0.1, -0.05) is 89.4 Å². The summed E-state index contributed by atoms with van der Waals surface area (Å²) < 4.78 is 17.6. The summed E-state index contributed by atoms with van der Waals surface area (Å²) in [4.78, 5) is 11.0. The van der Waals surface area contributed by atoms with Crippen LogP contribution in [0.25, 0.3) is 0 Å². The number of nitro groups is 1. The minimum atomic E-state index is -2.01. The second kappa shape index (κ2) is 11.6. The molecule has 0 aromatic heterocycles. The van der Waals surface area contributed by atoms with Gasteiger partial charge in [0.2, 0.25) is 0 Å². The summed E-state index contributed by atoms with van der Waals surface area (Å²) in [6, 6.07) is 21.0. The molecular weight excluding hydrogens is 477 g/mol. The molecule has 0 radical (unpaired) electrons. The fraction of sp³-hybridized carbons (Fsp3) is 0.217. The highest BCUT2D eigenvalue weighted by Gasteiger charge is 2.41. The Hall–Kier alpha value is -2.19. The molecule has 0 bridgehead atoms. The van der Waals surface area contributed by atoms with E-state index in [1.807, 2.05) is 0 Å². The molecule has 6 nitrogen and oxygen atoms in total. The molecule has 3 aromatic rings. The Morgan fingerprint density at radius 1 is 0.656 bits per heavy atom. The van der Waals surface area contributed by atoms with Crippen molar-refractivity contribution >= 4 is 34.8 Å². The van der Waals surface area contributed by atoms with E-state index in [4.69, 9.17) is 49.0 Å². The van der Waals surface area contributed by atoms with Gasteiger partial charge in [0, 0.05) is 20.0 Å². The molecule has 0 atom stereocenters. The smallest absolute Gasteiger partial charge is 0.317 e. The third kappa shape index (κ3) is 6.90. The molecule has 0 saturated carbocycles. The van der Waals surface area contributed by atoms with E-state index in [0.29, 0.717) is 31.8 Å². The fourth-order valence-corrected chi connectivity index (χ4v) is 3.40. The lowest BCUT2D eigenvalue weighted by molar-refractivity contribution is -0.561. The zero-order valence-electron chi connectivity index (χ0n) is 16.9. The maximum absolute atomic E-state index is 11.5. The molecule has 0 aliphatic heterocycles. The molecule has 0 aliphatic carbocycles. The Morgan fingerprint density at radius 2 is 0.969 bits per heavy atom. The lowest BCUT2D eigenvalue weighted by atomic mass is 10.2. The maximum Gasteiger partial charge on any atom is 0.352 e. The first-order valence-electron chi connectivity index (χ1n) is 9.62. The molecule has 0 N–H and O–H groups in total. The molecule has 0 spiro atoms. The summed E-state index contributed by atoms with van der Waals surface area (Å²) in [5.41, 5.74) is 1.89. The van der Waals surface area contributed by atoms with Gasteiger partial charge >= 0.3 is 5.97 Å². The van der Waals surface area contributed by atoms with Crippen molar-refractivity contribution in [2.75, 3.05) is 6.54 Å². The first-order chi connectivity index (χ1) is 15.4. The van der Waals surface area contributed by atoms with E-state index in [-0.39, 0.29) is 19.8 Å². The van der Waals surface area contributed by atoms with Crippen LogP contribution in [-0.2, 0) is 34.0 Å². The van der Waals surface area contributed by atoms with Gasteiger partial charge in [0.05, 0.1) is 19.8 Å². The van der Waals surface area contributed by atoms with Crippen molar-refractivity contribution in [3.05, 3.63) is 115 Å². The van der Waals surface area contributed by atoms with Gasteiger partial charge in [0.1, 0.15) is 0 Å². The highest BCUT2D eigenvalue weighted by atomic mass is 35.5. The van der Waals surface area contributed by atoms with Crippen LogP contribution in [0.2, 0.25) is 15.1 Å². The molecule has 9 heteroatoms. The Kier molecular flexibility index (Phi) is 8.87. The minimum absolute atomic E-state index is 0.0709. The van der Waals surface area contributed by atoms with Crippen molar-refractivity contribution < 1.29 is 19.1 Å². The van der Waals surface area contributed by atoms with E-state index in [9.17, 15) is 10.1 Å². The molecule has 0 aliphatic rings. The van der Waals surface area contributed by atoms with E-state index in [1.54, 1.807) is 72.8 Å². The van der Waals surface area contributed by atoms with Crippen molar-refractivity contribution in [1.82, 2.24) is 0 Å². The number of ether oxygens (including phenoxy) is 3. The topological polar surface area (TPSA) is 70.8 Å². The average Bonchev–Trinajstić information content (AvgIpc) is 2.77. The average molecular weight is 497 g/mol.